The molecule has 1 saturated heterocycles. The minimum absolute atomic E-state index is 0.334. The van der Waals surface area contributed by atoms with Crippen molar-refractivity contribution in [2.24, 2.45) is 0 Å². The van der Waals surface area contributed by atoms with Crippen molar-refractivity contribution in [3.8, 4) is 5.75 Å². The van der Waals surface area contributed by atoms with E-state index in [0.29, 0.717) is 16.8 Å². The Morgan fingerprint density at radius 3 is 3.12 bits per heavy atom. The number of rotatable bonds is 3. The van der Waals surface area contributed by atoms with Crippen molar-refractivity contribution < 1.29 is 5.11 Å². The van der Waals surface area contributed by atoms with E-state index in [1.807, 2.05) is 13.1 Å². The van der Waals surface area contributed by atoms with Crippen molar-refractivity contribution in [3.05, 3.63) is 28.8 Å². The number of halogens is 1. The molecule has 4 heteroatoms. The molecule has 1 aromatic carbocycles. The van der Waals surface area contributed by atoms with Gasteiger partial charge in [0.25, 0.3) is 0 Å². The zero-order valence-corrected chi connectivity index (χ0v) is 10.9. The Kier molecular flexibility index (Phi) is 4.26. The number of phenolic OH excluding ortho intramolecular Hbond substituents is 1. The Balaban J connectivity index is 2.02. The summed E-state index contributed by atoms with van der Waals surface area (Å²) in [5, 5.41) is 13.8. The van der Waals surface area contributed by atoms with Gasteiger partial charge in [-0.25, -0.2) is 0 Å². The van der Waals surface area contributed by atoms with Crippen LogP contribution in [0, 0.1) is 0 Å². The third-order valence-corrected chi connectivity index (χ3v) is 3.58. The van der Waals surface area contributed by atoms with Gasteiger partial charge in [-0.2, -0.15) is 0 Å². The predicted octanol–water partition coefficient (Wildman–Crippen LogP) is 2.23. The number of likely N-dealkylation sites (N-methyl/N-ethyl adjacent to an activating group) is 1. The number of piperidine rings is 1. The lowest BCUT2D eigenvalue weighted by Crippen LogP contribution is -2.43. The molecule has 1 aliphatic rings. The number of likely N-dealkylation sites (tertiary alicyclic amines) is 1. The first-order valence-corrected chi connectivity index (χ1v) is 6.44. The Hall–Kier alpha value is -0.770. The molecule has 2 N–H and O–H groups in total. The summed E-state index contributed by atoms with van der Waals surface area (Å²) in [5.74, 6) is 0.334. The summed E-state index contributed by atoms with van der Waals surface area (Å²) in [7, 11) is 2.00. The first-order valence-electron chi connectivity index (χ1n) is 6.06. The van der Waals surface area contributed by atoms with E-state index in [0.717, 1.165) is 25.2 Å². The molecule has 1 heterocycles. The smallest absolute Gasteiger partial charge is 0.120 e. The number of nitrogens with one attached hydrogen (secondary N) is 1. The molecule has 1 atom stereocenters. The van der Waals surface area contributed by atoms with Crippen LogP contribution in [0.25, 0.3) is 0 Å². The van der Waals surface area contributed by atoms with Crippen LogP contribution in [0.3, 0.4) is 0 Å². The molecule has 17 heavy (non-hydrogen) atoms. The molecule has 2 rings (SSSR count). The fraction of sp³-hybridized carbons (Fsp3) is 0.538. The SMILES string of the molecule is CNC1CCCN(Cc2cc(Cl)ccc2O)C1. The molecule has 1 aliphatic heterocycles. The van der Waals surface area contributed by atoms with Crippen molar-refractivity contribution in [1.82, 2.24) is 10.2 Å². The number of hydrogen-bond acceptors (Lipinski definition) is 3. The quantitative estimate of drug-likeness (QED) is 0.868. The molecule has 94 valence electrons. The maximum Gasteiger partial charge on any atom is 0.120 e. The molecule has 0 bridgehead atoms. The third kappa shape index (κ3) is 3.35. The fourth-order valence-electron chi connectivity index (χ4n) is 2.36. The van der Waals surface area contributed by atoms with E-state index in [2.05, 4.69) is 10.2 Å². The number of aromatic hydroxyl groups is 1. The van der Waals surface area contributed by atoms with Crippen molar-refractivity contribution in [2.45, 2.75) is 25.4 Å². The highest BCUT2D eigenvalue weighted by Gasteiger charge is 2.19. The summed E-state index contributed by atoms with van der Waals surface area (Å²) in [4.78, 5) is 2.36. The van der Waals surface area contributed by atoms with E-state index in [4.69, 9.17) is 11.6 Å². The van der Waals surface area contributed by atoms with Gasteiger partial charge in [-0.15, -0.1) is 0 Å². The average molecular weight is 255 g/mol. The maximum absolute atomic E-state index is 9.79. The van der Waals surface area contributed by atoms with Crippen LogP contribution in [0.5, 0.6) is 5.75 Å². The second-order valence-corrected chi connectivity index (χ2v) is 5.07. The second-order valence-electron chi connectivity index (χ2n) is 4.64. The monoisotopic (exact) mass is 254 g/mol. The lowest BCUT2D eigenvalue weighted by Gasteiger charge is -2.32. The summed E-state index contributed by atoms with van der Waals surface area (Å²) in [6, 6.07) is 5.79. The number of benzene rings is 1. The molecule has 1 aromatic rings. The molecule has 0 spiro atoms. The van der Waals surface area contributed by atoms with Crippen LogP contribution in [-0.2, 0) is 6.54 Å². The molecule has 3 nitrogen and oxygen atoms in total. The Labute approximate surface area is 107 Å². The van der Waals surface area contributed by atoms with Crippen molar-refractivity contribution in [1.29, 1.82) is 0 Å². The second kappa shape index (κ2) is 5.71. The van der Waals surface area contributed by atoms with E-state index in [9.17, 15) is 5.11 Å². The van der Waals surface area contributed by atoms with Crippen molar-refractivity contribution in [2.75, 3.05) is 20.1 Å². The van der Waals surface area contributed by atoms with E-state index in [1.165, 1.54) is 12.8 Å². The first-order chi connectivity index (χ1) is 8.19. The zero-order valence-electron chi connectivity index (χ0n) is 10.1. The lowest BCUT2D eigenvalue weighted by atomic mass is 10.0. The highest BCUT2D eigenvalue weighted by atomic mass is 35.5. The van der Waals surface area contributed by atoms with Crippen molar-refractivity contribution in [3.63, 3.8) is 0 Å². The first kappa shape index (κ1) is 12.7. The highest BCUT2D eigenvalue weighted by molar-refractivity contribution is 6.30. The van der Waals surface area contributed by atoms with E-state index >= 15 is 0 Å². The Morgan fingerprint density at radius 2 is 2.35 bits per heavy atom. The van der Waals surface area contributed by atoms with Gasteiger partial charge < -0.3 is 10.4 Å². The molecule has 0 radical (unpaired) electrons. The van der Waals surface area contributed by atoms with Crippen LogP contribution >= 0.6 is 11.6 Å². The van der Waals surface area contributed by atoms with Gasteiger partial charge in [0, 0.05) is 29.7 Å². The van der Waals surface area contributed by atoms with Gasteiger partial charge >= 0.3 is 0 Å². The van der Waals surface area contributed by atoms with Crippen LogP contribution in [0.1, 0.15) is 18.4 Å². The van der Waals surface area contributed by atoms with Crippen LogP contribution < -0.4 is 5.32 Å². The zero-order chi connectivity index (χ0) is 12.3. The molecular weight excluding hydrogens is 236 g/mol. The van der Waals surface area contributed by atoms with Gasteiger partial charge in [-0.1, -0.05) is 11.6 Å². The third-order valence-electron chi connectivity index (χ3n) is 3.35. The molecule has 0 amide bonds. The number of hydrogen-bond donors (Lipinski definition) is 2. The fourth-order valence-corrected chi connectivity index (χ4v) is 2.55. The lowest BCUT2D eigenvalue weighted by molar-refractivity contribution is 0.186. The van der Waals surface area contributed by atoms with Crippen LogP contribution in [-0.4, -0.2) is 36.2 Å². The van der Waals surface area contributed by atoms with Gasteiger partial charge in [-0.05, 0) is 44.6 Å². The molecule has 1 fully saturated rings. The summed E-state index contributed by atoms with van der Waals surface area (Å²) in [6.45, 7) is 2.89. The number of phenols is 1. The highest BCUT2D eigenvalue weighted by Crippen LogP contribution is 2.24. The average Bonchev–Trinajstić information content (AvgIpc) is 2.34. The summed E-state index contributed by atoms with van der Waals surface area (Å²) in [5.41, 5.74) is 0.911. The maximum atomic E-state index is 9.79. The molecule has 1 unspecified atom stereocenters. The molecule has 0 aromatic heterocycles. The summed E-state index contributed by atoms with van der Waals surface area (Å²) in [6.07, 6.45) is 2.43. The predicted molar refractivity (Wildman–Crippen MR) is 70.5 cm³/mol. The van der Waals surface area contributed by atoms with Crippen molar-refractivity contribution >= 4 is 11.6 Å². The summed E-state index contributed by atoms with van der Waals surface area (Å²) < 4.78 is 0. The normalized spacial score (nSPS) is 21.6. The molecule has 0 saturated carbocycles. The van der Waals surface area contributed by atoms with Crippen LogP contribution in [0.2, 0.25) is 5.02 Å². The minimum atomic E-state index is 0.334. The van der Waals surface area contributed by atoms with E-state index in [1.54, 1.807) is 12.1 Å². The summed E-state index contributed by atoms with van der Waals surface area (Å²) >= 11 is 5.95. The van der Waals surface area contributed by atoms with Crippen LogP contribution in [0.15, 0.2) is 18.2 Å². The topological polar surface area (TPSA) is 35.5 Å². The molecule has 0 aliphatic carbocycles. The van der Waals surface area contributed by atoms with Gasteiger partial charge in [0.15, 0.2) is 0 Å². The van der Waals surface area contributed by atoms with Gasteiger partial charge in [0.2, 0.25) is 0 Å². The Morgan fingerprint density at radius 1 is 1.53 bits per heavy atom. The van der Waals surface area contributed by atoms with Gasteiger partial charge in [0.05, 0.1) is 0 Å². The van der Waals surface area contributed by atoms with Gasteiger partial charge in [0.1, 0.15) is 5.75 Å². The number of nitrogens with zero attached hydrogens (tertiary/aromatic N) is 1. The molecular formula is C13H19ClN2O. The Bertz CT molecular complexity index is 384. The van der Waals surface area contributed by atoms with E-state index < -0.39 is 0 Å². The largest absolute Gasteiger partial charge is 0.508 e. The van der Waals surface area contributed by atoms with E-state index in [-0.39, 0.29) is 0 Å². The standard InChI is InChI=1S/C13H19ClN2O/c1-15-12-3-2-6-16(9-12)8-10-7-11(14)4-5-13(10)17/h4-5,7,12,15,17H,2-3,6,8-9H2,1H3. The minimum Gasteiger partial charge on any atom is -0.508 e. The van der Waals surface area contributed by atoms with Crippen LogP contribution in [0.4, 0.5) is 0 Å². The van der Waals surface area contributed by atoms with Gasteiger partial charge in [-0.3, -0.25) is 4.90 Å².